The van der Waals surface area contributed by atoms with Crippen molar-refractivity contribution in [1.82, 2.24) is 0 Å². The molecule has 1 aromatic heterocycles. The second-order valence-corrected chi connectivity index (χ2v) is 4.04. The van der Waals surface area contributed by atoms with Crippen LogP contribution in [0.2, 0.25) is 0 Å². The summed E-state index contributed by atoms with van der Waals surface area (Å²) in [4.78, 5) is 0. The summed E-state index contributed by atoms with van der Waals surface area (Å²) >= 11 is 0. The standard InChI is InChI=1S/C14H16O2/c1-11-4-6-12(7-5-11)14(15)9-8-13-3-2-10-16-13/h2-7,10,14-15H,8-9H2,1H3. The van der Waals surface area contributed by atoms with Crippen molar-refractivity contribution in [2.75, 3.05) is 0 Å². The molecule has 0 saturated heterocycles. The molecule has 0 aliphatic heterocycles. The molecule has 0 saturated carbocycles. The van der Waals surface area contributed by atoms with Gasteiger partial charge in [-0.05, 0) is 31.0 Å². The quantitative estimate of drug-likeness (QED) is 0.851. The van der Waals surface area contributed by atoms with Gasteiger partial charge in [0.1, 0.15) is 5.76 Å². The number of aliphatic hydroxyl groups is 1. The first kappa shape index (κ1) is 11.0. The van der Waals surface area contributed by atoms with Crippen LogP contribution >= 0.6 is 0 Å². The highest BCUT2D eigenvalue weighted by Gasteiger charge is 2.08. The van der Waals surface area contributed by atoms with E-state index in [0.29, 0.717) is 6.42 Å². The molecular weight excluding hydrogens is 200 g/mol. The van der Waals surface area contributed by atoms with E-state index in [4.69, 9.17) is 4.42 Å². The monoisotopic (exact) mass is 216 g/mol. The smallest absolute Gasteiger partial charge is 0.103 e. The number of rotatable bonds is 4. The molecule has 1 atom stereocenters. The highest BCUT2D eigenvalue weighted by molar-refractivity contribution is 5.23. The van der Waals surface area contributed by atoms with Gasteiger partial charge in [0.25, 0.3) is 0 Å². The van der Waals surface area contributed by atoms with E-state index in [9.17, 15) is 5.11 Å². The van der Waals surface area contributed by atoms with Gasteiger partial charge in [0.2, 0.25) is 0 Å². The second-order valence-electron chi connectivity index (χ2n) is 4.04. The first-order valence-corrected chi connectivity index (χ1v) is 5.53. The summed E-state index contributed by atoms with van der Waals surface area (Å²) < 4.78 is 5.23. The molecule has 1 unspecified atom stereocenters. The van der Waals surface area contributed by atoms with E-state index >= 15 is 0 Å². The molecule has 1 aromatic carbocycles. The second kappa shape index (κ2) is 4.99. The third-order valence-corrected chi connectivity index (χ3v) is 2.71. The molecule has 2 nitrogen and oxygen atoms in total. The van der Waals surface area contributed by atoms with Crippen molar-refractivity contribution < 1.29 is 9.52 Å². The Morgan fingerprint density at radius 3 is 2.56 bits per heavy atom. The maximum absolute atomic E-state index is 9.97. The molecule has 0 bridgehead atoms. The van der Waals surface area contributed by atoms with Crippen LogP contribution in [0.25, 0.3) is 0 Å². The van der Waals surface area contributed by atoms with Crippen LogP contribution in [-0.4, -0.2) is 5.11 Å². The average molecular weight is 216 g/mol. The normalized spacial score (nSPS) is 12.6. The van der Waals surface area contributed by atoms with Gasteiger partial charge in [0, 0.05) is 6.42 Å². The third-order valence-electron chi connectivity index (χ3n) is 2.71. The first-order chi connectivity index (χ1) is 7.75. The van der Waals surface area contributed by atoms with E-state index in [0.717, 1.165) is 17.7 Å². The fraction of sp³-hybridized carbons (Fsp3) is 0.286. The summed E-state index contributed by atoms with van der Waals surface area (Å²) in [6, 6.07) is 11.8. The van der Waals surface area contributed by atoms with Gasteiger partial charge in [-0.1, -0.05) is 29.8 Å². The molecule has 0 aliphatic rings. The minimum atomic E-state index is -0.411. The Labute approximate surface area is 95.5 Å². The largest absolute Gasteiger partial charge is 0.469 e. The van der Waals surface area contributed by atoms with E-state index < -0.39 is 6.10 Å². The Balaban J connectivity index is 1.93. The fourth-order valence-electron chi connectivity index (χ4n) is 1.69. The molecular formula is C14H16O2. The molecule has 2 heteroatoms. The van der Waals surface area contributed by atoms with E-state index in [1.807, 2.05) is 43.3 Å². The summed E-state index contributed by atoms with van der Waals surface area (Å²) in [6.07, 6.45) is 2.71. The SMILES string of the molecule is Cc1ccc(C(O)CCc2ccco2)cc1. The Hall–Kier alpha value is -1.54. The van der Waals surface area contributed by atoms with Gasteiger partial charge in [-0.15, -0.1) is 0 Å². The van der Waals surface area contributed by atoms with Crippen molar-refractivity contribution in [1.29, 1.82) is 0 Å². The van der Waals surface area contributed by atoms with Crippen molar-refractivity contribution >= 4 is 0 Å². The molecule has 1 N–H and O–H groups in total. The number of aryl methyl sites for hydroxylation is 2. The molecule has 1 heterocycles. The third kappa shape index (κ3) is 2.74. The minimum Gasteiger partial charge on any atom is -0.469 e. The number of hydrogen-bond donors (Lipinski definition) is 1. The van der Waals surface area contributed by atoms with Crippen LogP contribution in [0.1, 0.15) is 29.4 Å². The van der Waals surface area contributed by atoms with Gasteiger partial charge >= 0.3 is 0 Å². The van der Waals surface area contributed by atoms with E-state index in [1.54, 1.807) is 6.26 Å². The lowest BCUT2D eigenvalue weighted by Crippen LogP contribution is -1.99. The summed E-state index contributed by atoms with van der Waals surface area (Å²) in [5, 5.41) is 9.97. The number of aliphatic hydroxyl groups excluding tert-OH is 1. The molecule has 84 valence electrons. The number of furan rings is 1. The molecule has 0 radical (unpaired) electrons. The predicted octanol–water partition coefficient (Wildman–Crippen LogP) is 3.25. The lowest BCUT2D eigenvalue weighted by Gasteiger charge is -2.10. The van der Waals surface area contributed by atoms with Crippen LogP contribution in [0.15, 0.2) is 47.1 Å². The maximum atomic E-state index is 9.97. The van der Waals surface area contributed by atoms with Crippen molar-refractivity contribution in [2.45, 2.75) is 25.9 Å². The van der Waals surface area contributed by atoms with Gasteiger partial charge in [-0.2, -0.15) is 0 Å². The van der Waals surface area contributed by atoms with Crippen LogP contribution in [0, 0.1) is 6.92 Å². The van der Waals surface area contributed by atoms with Crippen LogP contribution in [-0.2, 0) is 6.42 Å². The lowest BCUT2D eigenvalue weighted by molar-refractivity contribution is 0.165. The Kier molecular flexibility index (Phi) is 3.42. The zero-order valence-corrected chi connectivity index (χ0v) is 9.39. The fourth-order valence-corrected chi connectivity index (χ4v) is 1.69. The summed E-state index contributed by atoms with van der Waals surface area (Å²) in [6.45, 7) is 2.04. The summed E-state index contributed by atoms with van der Waals surface area (Å²) in [5.74, 6) is 0.922. The topological polar surface area (TPSA) is 33.4 Å². The van der Waals surface area contributed by atoms with Gasteiger partial charge in [-0.25, -0.2) is 0 Å². The van der Waals surface area contributed by atoms with Crippen LogP contribution in [0.5, 0.6) is 0 Å². The Morgan fingerprint density at radius 2 is 1.94 bits per heavy atom. The van der Waals surface area contributed by atoms with Gasteiger partial charge in [-0.3, -0.25) is 0 Å². The molecule has 16 heavy (non-hydrogen) atoms. The van der Waals surface area contributed by atoms with Gasteiger partial charge in [0.15, 0.2) is 0 Å². The predicted molar refractivity (Wildman–Crippen MR) is 63.2 cm³/mol. The van der Waals surface area contributed by atoms with Crippen molar-refractivity contribution in [3.63, 3.8) is 0 Å². The first-order valence-electron chi connectivity index (χ1n) is 5.53. The number of hydrogen-bond acceptors (Lipinski definition) is 2. The Morgan fingerprint density at radius 1 is 1.19 bits per heavy atom. The van der Waals surface area contributed by atoms with Crippen molar-refractivity contribution in [2.24, 2.45) is 0 Å². The molecule has 0 spiro atoms. The van der Waals surface area contributed by atoms with E-state index in [1.165, 1.54) is 5.56 Å². The van der Waals surface area contributed by atoms with Gasteiger partial charge < -0.3 is 9.52 Å². The van der Waals surface area contributed by atoms with E-state index in [2.05, 4.69) is 0 Å². The highest BCUT2D eigenvalue weighted by atomic mass is 16.3. The van der Waals surface area contributed by atoms with Crippen LogP contribution in [0.3, 0.4) is 0 Å². The van der Waals surface area contributed by atoms with Gasteiger partial charge in [0.05, 0.1) is 12.4 Å². The highest BCUT2D eigenvalue weighted by Crippen LogP contribution is 2.19. The zero-order valence-electron chi connectivity index (χ0n) is 9.39. The summed E-state index contributed by atoms with van der Waals surface area (Å²) in [5.41, 5.74) is 2.18. The molecule has 0 fully saturated rings. The van der Waals surface area contributed by atoms with Crippen LogP contribution < -0.4 is 0 Å². The lowest BCUT2D eigenvalue weighted by atomic mass is 10.0. The number of benzene rings is 1. The average Bonchev–Trinajstić information content (AvgIpc) is 2.80. The molecule has 0 amide bonds. The van der Waals surface area contributed by atoms with Crippen molar-refractivity contribution in [3.8, 4) is 0 Å². The Bertz CT molecular complexity index is 415. The van der Waals surface area contributed by atoms with E-state index in [-0.39, 0.29) is 0 Å². The molecule has 2 aromatic rings. The minimum absolute atomic E-state index is 0.411. The van der Waals surface area contributed by atoms with Crippen LogP contribution in [0.4, 0.5) is 0 Å². The molecule has 0 aliphatic carbocycles. The zero-order chi connectivity index (χ0) is 11.4. The maximum Gasteiger partial charge on any atom is 0.103 e. The molecule has 2 rings (SSSR count). The van der Waals surface area contributed by atoms with Crippen molar-refractivity contribution in [3.05, 3.63) is 59.5 Å². The summed E-state index contributed by atoms with van der Waals surface area (Å²) in [7, 11) is 0.